The number of carbonyl (C=O) groups excluding carboxylic acids is 1. The van der Waals surface area contributed by atoms with Gasteiger partial charge in [0.05, 0.1) is 0 Å². The molecule has 1 heterocycles. The quantitative estimate of drug-likeness (QED) is 0.762. The number of rotatable bonds is 8. The fourth-order valence-electron chi connectivity index (χ4n) is 2.61. The van der Waals surface area contributed by atoms with Crippen LogP contribution in [0.3, 0.4) is 0 Å². The van der Waals surface area contributed by atoms with Crippen LogP contribution in [0.25, 0.3) is 0 Å². The van der Waals surface area contributed by atoms with Crippen LogP contribution in [-0.2, 0) is 6.54 Å². The van der Waals surface area contributed by atoms with E-state index in [0.717, 1.165) is 37.6 Å². The van der Waals surface area contributed by atoms with Crippen molar-refractivity contribution >= 4 is 11.6 Å². The molecule has 124 valence electrons. The molecule has 0 aliphatic carbocycles. The van der Waals surface area contributed by atoms with Crippen LogP contribution in [0.15, 0.2) is 36.7 Å². The number of nitrogens with one attached hydrogen (secondary N) is 1. The summed E-state index contributed by atoms with van der Waals surface area (Å²) in [5, 5.41) is 2.97. The summed E-state index contributed by atoms with van der Waals surface area (Å²) in [7, 11) is 0. The molecule has 2 rings (SSSR count). The van der Waals surface area contributed by atoms with Gasteiger partial charge in [-0.2, -0.15) is 0 Å². The summed E-state index contributed by atoms with van der Waals surface area (Å²) in [5.74, 6) is 0.988. The van der Waals surface area contributed by atoms with Gasteiger partial charge in [0.1, 0.15) is 5.82 Å². The fourth-order valence-corrected chi connectivity index (χ4v) is 2.61. The van der Waals surface area contributed by atoms with Crippen LogP contribution >= 0.6 is 0 Å². The van der Waals surface area contributed by atoms with Gasteiger partial charge in [-0.1, -0.05) is 0 Å². The average Bonchev–Trinajstić information content (AvgIpc) is 2.98. The van der Waals surface area contributed by atoms with E-state index in [0.29, 0.717) is 12.1 Å². The number of aromatic nitrogens is 2. The Morgan fingerprint density at radius 3 is 2.48 bits per heavy atom. The maximum absolute atomic E-state index is 12.1. The fraction of sp³-hybridized carbons (Fsp3) is 0.444. The molecule has 5 nitrogen and oxygen atoms in total. The summed E-state index contributed by atoms with van der Waals surface area (Å²) in [4.78, 5) is 18.6. The SMILES string of the molecule is CCN(CC)c1ccc(C(=O)NCCCn2ccnc2C)cc1. The third kappa shape index (κ3) is 4.58. The highest BCUT2D eigenvalue weighted by Crippen LogP contribution is 2.14. The molecule has 0 aliphatic heterocycles. The van der Waals surface area contributed by atoms with Crippen molar-refractivity contribution in [3.05, 3.63) is 48.0 Å². The number of anilines is 1. The van der Waals surface area contributed by atoms with Gasteiger partial charge in [0.2, 0.25) is 0 Å². The first-order chi connectivity index (χ1) is 11.2. The van der Waals surface area contributed by atoms with Crippen LogP contribution in [0.2, 0.25) is 0 Å². The number of benzene rings is 1. The molecular weight excluding hydrogens is 288 g/mol. The molecule has 1 aromatic carbocycles. The monoisotopic (exact) mass is 314 g/mol. The van der Waals surface area contributed by atoms with E-state index in [1.165, 1.54) is 0 Å². The van der Waals surface area contributed by atoms with Crippen molar-refractivity contribution in [2.75, 3.05) is 24.5 Å². The van der Waals surface area contributed by atoms with Crippen LogP contribution < -0.4 is 10.2 Å². The van der Waals surface area contributed by atoms with Gasteiger partial charge in [-0.3, -0.25) is 4.79 Å². The molecule has 0 unspecified atom stereocenters. The minimum Gasteiger partial charge on any atom is -0.372 e. The van der Waals surface area contributed by atoms with E-state index in [4.69, 9.17) is 0 Å². The molecule has 2 aromatic rings. The van der Waals surface area contributed by atoms with Gasteiger partial charge in [0.25, 0.3) is 5.91 Å². The normalized spacial score (nSPS) is 10.6. The van der Waals surface area contributed by atoms with Gasteiger partial charge in [0, 0.05) is 49.8 Å². The number of imidazole rings is 1. The Kier molecular flexibility index (Phi) is 6.20. The lowest BCUT2D eigenvalue weighted by Crippen LogP contribution is -2.25. The summed E-state index contributed by atoms with van der Waals surface area (Å²) < 4.78 is 2.09. The third-order valence-electron chi connectivity index (χ3n) is 4.04. The molecule has 23 heavy (non-hydrogen) atoms. The Morgan fingerprint density at radius 1 is 1.22 bits per heavy atom. The van der Waals surface area contributed by atoms with E-state index in [1.54, 1.807) is 6.20 Å². The smallest absolute Gasteiger partial charge is 0.251 e. The topological polar surface area (TPSA) is 50.2 Å². The predicted molar refractivity (Wildman–Crippen MR) is 93.9 cm³/mol. The van der Waals surface area contributed by atoms with E-state index in [2.05, 4.69) is 33.6 Å². The molecule has 0 atom stereocenters. The lowest BCUT2D eigenvalue weighted by molar-refractivity contribution is 0.0953. The second kappa shape index (κ2) is 8.36. The van der Waals surface area contributed by atoms with Gasteiger partial charge >= 0.3 is 0 Å². The molecule has 1 aromatic heterocycles. The first-order valence-corrected chi connectivity index (χ1v) is 8.26. The number of aryl methyl sites for hydroxylation is 2. The Bertz CT molecular complexity index is 614. The summed E-state index contributed by atoms with van der Waals surface area (Å²) in [6, 6.07) is 7.81. The molecule has 0 aliphatic rings. The lowest BCUT2D eigenvalue weighted by atomic mass is 10.2. The first kappa shape index (κ1) is 17.1. The summed E-state index contributed by atoms with van der Waals surface area (Å²) >= 11 is 0. The van der Waals surface area contributed by atoms with Crippen molar-refractivity contribution in [1.82, 2.24) is 14.9 Å². The largest absolute Gasteiger partial charge is 0.372 e. The molecular formula is C18H26N4O. The van der Waals surface area contributed by atoms with Crippen molar-refractivity contribution in [3.8, 4) is 0 Å². The number of amides is 1. The minimum absolute atomic E-state index is 0.0153. The molecule has 5 heteroatoms. The van der Waals surface area contributed by atoms with Crippen molar-refractivity contribution in [3.63, 3.8) is 0 Å². The second-order valence-corrected chi connectivity index (χ2v) is 5.50. The highest BCUT2D eigenvalue weighted by Gasteiger charge is 2.07. The molecule has 0 fully saturated rings. The molecule has 0 spiro atoms. The van der Waals surface area contributed by atoms with Gasteiger partial charge in [-0.05, 0) is 51.5 Å². The van der Waals surface area contributed by atoms with Gasteiger partial charge in [-0.25, -0.2) is 4.98 Å². The first-order valence-electron chi connectivity index (χ1n) is 8.26. The Morgan fingerprint density at radius 2 is 1.91 bits per heavy atom. The van der Waals surface area contributed by atoms with Crippen molar-refractivity contribution in [2.24, 2.45) is 0 Å². The number of hydrogen-bond acceptors (Lipinski definition) is 3. The van der Waals surface area contributed by atoms with Crippen LogP contribution in [-0.4, -0.2) is 35.1 Å². The molecule has 0 radical (unpaired) electrons. The molecule has 0 saturated carbocycles. The molecule has 1 N–H and O–H groups in total. The van der Waals surface area contributed by atoms with Crippen LogP contribution in [0, 0.1) is 6.92 Å². The third-order valence-corrected chi connectivity index (χ3v) is 4.04. The summed E-state index contributed by atoms with van der Waals surface area (Å²) in [5.41, 5.74) is 1.86. The van der Waals surface area contributed by atoms with Crippen LogP contribution in [0.1, 0.15) is 36.5 Å². The standard InChI is InChI=1S/C18H26N4O/c1-4-21(5-2)17-9-7-16(8-10-17)18(23)20-11-6-13-22-14-12-19-15(22)3/h7-10,12,14H,4-6,11,13H2,1-3H3,(H,20,23). The van der Waals surface area contributed by atoms with E-state index >= 15 is 0 Å². The van der Waals surface area contributed by atoms with E-state index in [9.17, 15) is 4.79 Å². The van der Waals surface area contributed by atoms with Crippen LogP contribution in [0.4, 0.5) is 5.69 Å². The zero-order valence-corrected chi connectivity index (χ0v) is 14.2. The van der Waals surface area contributed by atoms with Gasteiger partial charge in [0.15, 0.2) is 0 Å². The lowest BCUT2D eigenvalue weighted by Gasteiger charge is -2.21. The van der Waals surface area contributed by atoms with E-state index < -0.39 is 0 Å². The highest BCUT2D eigenvalue weighted by molar-refractivity contribution is 5.94. The minimum atomic E-state index is -0.0153. The summed E-state index contributed by atoms with van der Waals surface area (Å²) in [6.07, 6.45) is 4.65. The highest BCUT2D eigenvalue weighted by atomic mass is 16.1. The maximum atomic E-state index is 12.1. The van der Waals surface area contributed by atoms with Gasteiger partial charge < -0.3 is 14.8 Å². The van der Waals surface area contributed by atoms with E-state index in [1.807, 2.05) is 37.4 Å². The van der Waals surface area contributed by atoms with Crippen LogP contribution in [0.5, 0.6) is 0 Å². The predicted octanol–water partition coefficient (Wildman–Crippen LogP) is 2.86. The van der Waals surface area contributed by atoms with E-state index in [-0.39, 0.29) is 5.91 Å². The number of hydrogen-bond donors (Lipinski definition) is 1. The van der Waals surface area contributed by atoms with Crippen molar-refractivity contribution < 1.29 is 4.79 Å². The molecule has 0 saturated heterocycles. The maximum Gasteiger partial charge on any atom is 0.251 e. The van der Waals surface area contributed by atoms with Crippen molar-refractivity contribution in [1.29, 1.82) is 0 Å². The molecule has 1 amide bonds. The zero-order valence-electron chi connectivity index (χ0n) is 14.2. The zero-order chi connectivity index (χ0) is 16.7. The van der Waals surface area contributed by atoms with Gasteiger partial charge in [-0.15, -0.1) is 0 Å². The Labute approximate surface area is 138 Å². The van der Waals surface area contributed by atoms with Crippen molar-refractivity contribution in [2.45, 2.75) is 33.7 Å². The number of carbonyl (C=O) groups is 1. The molecule has 0 bridgehead atoms. The second-order valence-electron chi connectivity index (χ2n) is 5.50. The number of nitrogens with zero attached hydrogens (tertiary/aromatic N) is 3. The Hall–Kier alpha value is -2.30. The summed E-state index contributed by atoms with van der Waals surface area (Å²) in [6.45, 7) is 9.71. The average molecular weight is 314 g/mol. The Balaban J connectivity index is 1.80.